The lowest BCUT2D eigenvalue weighted by atomic mass is 10.0. The van der Waals surface area contributed by atoms with Crippen molar-refractivity contribution < 1.29 is 18.8 Å². The van der Waals surface area contributed by atoms with Crippen molar-refractivity contribution in [2.24, 2.45) is 0 Å². The van der Waals surface area contributed by atoms with E-state index in [0.717, 1.165) is 0 Å². The maximum Gasteiger partial charge on any atom is 0.256 e. The third-order valence-electron chi connectivity index (χ3n) is 5.26. The van der Waals surface area contributed by atoms with Crippen molar-refractivity contribution in [2.45, 2.75) is 18.5 Å². The van der Waals surface area contributed by atoms with Gasteiger partial charge in [0.2, 0.25) is 11.8 Å². The van der Waals surface area contributed by atoms with E-state index in [2.05, 4.69) is 16.0 Å². The second kappa shape index (κ2) is 7.63. The van der Waals surface area contributed by atoms with E-state index in [-0.39, 0.29) is 42.7 Å². The van der Waals surface area contributed by atoms with Crippen LogP contribution in [0, 0.1) is 5.82 Å². The summed E-state index contributed by atoms with van der Waals surface area (Å²) in [5.41, 5.74) is 1.66. The van der Waals surface area contributed by atoms with Crippen LogP contribution in [-0.2, 0) is 9.59 Å². The lowest BCUT2D eigenvalue weighted by molar-refractivity contribution is -0.121. The molecule has 0 radical (unpaired) electrons. The molecule has 0 unspecified atom stereocenters. The molecule has 1 fully saturated rings. The summed E-state index contributed by atoms with van der Waals surface area (Å²) in [5, 5.41) is 8.41. The molecule has 29 heavy (non-hydrogen) atoms. The second-order valence-electron chi connectivity index (χ2n) is 7.23. The highest BCUT2D eigenvalue weighted by molar-refractivity contribution is 6.10. The van der Waals surface area contributed by atoms with E-state index in [1.54, 1.807) is 43.4 Å². The largest absolute Gasteiger partial charge is 0.350 e. The zero-order chi connectivity index (χ0) is 20.5. The Kier molecular flexibility index (Phi) is 5.02. The van der Waals surface area contributed by atoms with Gasteiger partial charge in [-0.2, -0.15) is 0 Å². The summed E-state index contributed by atoms with van der Waals surface area (Å²) in [7, 11) is 1.67. The van der Waals surface area contributed by atoms with Gasteiger partial charge in [-0.05, 0) is 37.2 Å². The number of nitrogens with one attached hydrogen (secondary N) is 3. The molecule has 1 saturated heterocycles. The van der Waals surface area contributed by atoms with Gasteiger partial charge in [0.1, 0.15) is 11.9 Å². The predicted molar refractivity (Wildman–Crippen MR) is 106 cm³/mol. The van der Waals surface area contributed by atoms with E-state index >= 15 is 0 Å². The van der Waals surface area contributed by atoms with E-state index in [1.165, 1.54) is 11.0 Å². The van der Waals surface area contributed by atoms with Crippen LogP contribution in [0.15, 0.2) is 42.5 Å². The molecule has 2 aromatic carbocycles. The summed E-state index contributed by atoms with van der Waals surface area (Å²) >= 11 is 0. The van der Waals surface area contributed by atoms with Crippen LogP contribution in [0.2, 0.25) is 0 Å². The van der Waals surface area contributed by atoms with Crippen LogP contribution < -0.4 is 16.0 Å². The molecule has 3 N–H and O–H groups in total. The number of anilines is 1. The standard InChI is InChI=1S/C21H21FN4O3/c1-23-10-19(27)24-13-9-18-20(28)25-17-7-6-12(14-4-2-3-5-16(14)22)8-15(17)21(29)26(18)11-13/h2-8,13,18,23H,9-11H2,1H3,(H,24,27)(H,25,28)/t13-,18-/m0/s1. The molecule has 0 aliphatic carbocycles. The predicted octanol–water partition coefficient (Wildman–Crippen LogP) is 1.36. The first kappa shape index (κ1) is 19.1. The van der Waals surface area contributed by atoms with Gasteiger partial charge in [0.15, 0.2) is 0 Å². The lowest BCUT2D eigenvalue weighted by Gasteiger charge is -2.20. The molecule has 3 amide bonds. The number of carbonyl (C=O) groups is 3. The Bertz CT molecular complexity index is 994. The summed E-state index contributed by atoms with van der Waals surface area (Å²) in [6, 6.07) is 10.3. The van der Waals surface area contributed by atoms with E-state index < -0.39 is 6.04 Å². The number of benzene rings is 2. The fourth-order valence-electron chi connectivity index (χ4n) is 3.92. The SMILES string of the molecule is CNCC(=O)N[C@H]1C[C@H]2C(=O)Nc3ccc(-c4ccccc4F)cc3C(=O)N2C1. The van der Waals surface area contributed by atoms with Gasteiger partial charge in [-0.15, -0.1) is 0 Å². The molecule has 7 nitrogen and oxygen atoms in total. The fourth-order valence-corrected chi connectivity index (χ4v) is 3.92. The van der Waals surface area contributed by atoms with Crippen LogP contribution in [0.1, 0.15) is 16.8 Å². The zero-order valence-corrected chi connectivity index (χ0v) is 15.9. The molecular formula is C21H21FN4O3. The summed E-state index contributed by atoms with van der Waals surface area (Å²) in [6.45, 7) is 0.409. The van der Waals surface area contributed by atoms with Crippen LogP contribution in [0.25, 0.3) is 11.1 Å². The Morgan fingerprint density at radius 1 is 1.21 bits per heavy atom. The number of fused-ring (bicyclic) bond motifs is 2. The van der Waals surface area contributed by atoms with Gasteiger partial charge < -0.3 is 20.9 Å². The van der Waals surface area contributed by atoms with Gasteiger partial charge in [0.05, 0.1) is 17.8 Å². The highest BCUT2D eigenvalue weighted by Gasteiger charge is 2.43. The summed E-state index contributed by atoms with van der Waals surface area (Å²) in [4.78, 5) is 39.2. The van der Waals surface area contributed by atoms with Gasteiger partial charge in [0.25, 0.3) is 5.91 Å². The molecular weight excluding hydrogens is 375 g/mol. The molecule has 8 heteroatoms. The van der Waals surface area contributed by atoms with Crippen molar-refractivity contribution in [1.82, 2.24) is 15.5 Å². The molecule has 2 atom stereocenters. The zero-order valence-electron chi connectivity index (χ0n) is 15.9. The number of halogens is 1. The molecule has 4 rings (SSSR count). The number of amides is 3. The number of hydrogen-bond donors (Lipinski definition) is 3. The van der Waals surface area contributed by atoms with Gasteiger partial charge in [-0.1, -0.05) is 24.3 Å². The van der Waals surface area contributed by atoms with Gasteiger partial charge >= 0.3 is 0 Å². The average Bonchev–Trinajstić information content (AvgIpc) is 3.08. The van der Waals surface area contributed by atoms with Gasteiger partial charge in [-0.25, -0.2) is 4.39 Å². The topological polar surface area (TPSA) is 90.5 Å². The normalized spacial score (nSPS) is 20.6. The second-order valence-corrected chi connectivity index (χ2v) is 7.23. The van der Waals surface area contributed by atoms with Crippen molar-refractivity contribution in [1.29, 1.82) is 0 Å². The first-order chi connectivity index (χ1) is 14.0. The van der Waals surface area contributed by atoms with E-state index in [0.29, 0.717) is 28.8 Å². The minimum Gasteiger partial charge on any atom is -0.350 e. The van der Waals surface area contributed by atoms with E-state index in [4.69, 9.17) is 0 Å². The number of likely N-dealkylation sites (N-methyl/N-ethyl adjacent to an activating group) is 1. The van der Waals surface area contributed by atoms with Crippen LogP contribution >= 0.6 is 0 Å². The molecule has 2 aliphatic heterocycles. The lowest BCUT2D eigenvalue weighted by Crippen LogP contribution is -2.42. The number of carbonyl (C=O) groups excluding carboxylic acids is 3. The molecule has 0 spiro atoms. The maximum atomic E-state index is 14.2. The van der Waals surface area contributed by atoms with Crippen LogP contribution in [-0.4, -0.2) is 54.8 Å². The minimum absolute atomic E-state index is 0.163. The molecule has 0 bridgehead atoms. The van der Waals surface area contributed by atoms with E-state index in [1.807, 2.05) is 0 Å². The highest BCUT2D eigenvalue weighted by Crippen LogP contribution is 2.32. The number of nitrogens with zero attached hydrogens (tertiary/aromatic N) is 1. The van der Waals surface area contributed by atoms with Crippen molar-refractivity contribution in [3.05, 3.63) is 53.8 Å². The summed E-state index contributed by atoms with van der Waals surface area (Å²) in [5.74, 6) is -1.18. The average molecular weight is 396 g/mol. The van der Waals surface area contributed by atoms with Crippen LogP contribution in [0.5, 0.6) is 0 Å². The third-order valence-corrected chi connectivity index (χ3v) is 5.26. The quantitative estimate of drug-likeness (QED) is 0.728. The monoisotopic (exact) mass is 396 g/mol. The minimum atomic E-state index is -0.660. The van der Waals surface area contributed by atoms with Crippen molar-refractivity contribution in [3.8, 4) is 11.1 Å². The number of hydrogen-bond acceptors (Lipinski definition) is 4. The van der Waals surface area contributed by atoms with Gasteiger partial charge in [0, 0.05) is 18.2 Å². The highest BCUT2D eigenvalue weighted by atomic mass is 19.1. The molecule has 2 aliphatic rings. The van der Waals surface area contributed by atoms with Crippen molar-refractivity contribution >= 4 is 23.4 Å². The smallest absolute Gasteiger partial charge is 0.256 e. The van der Waals surface area contributed by atoms with Crippen LogP contribution in [0.3, 0.4) is 0 Å². The Morgan fingerprint density at radius 2 is 2.00 bits per heavy atom. The first-order valence-electron chi connectivity index (χ1n) is 9.42. The van der Waals surface area contributed by atoms with Crippen LogP contribution in [0.4, 0.5) is 10.1 Å². The molecule has 0 aromatic heterocycles. The molecule has 2 heterocycles. The Balaban J connectivity index is 1.64. The van der Waals surface area contributed by atoms with E-state index in [9.17, 15) is 18.8 Å². The molecule has 2 aromatic rings. The molecule has 150 valence electrons. The first-order valence-corrected chi connectivity index (χ1v) is 9.42. The summed E-state index contributed by atoms with van der Waals surface area (Å²) in [6.07, 6.45) is 0.348. The van der Waals surface area contributed by atoms with Crippen molar-refractivity contribution in [2.75, 3.05) is 25.5 Å². The van der Waals surface area contributed by atoms with Gasteiger partial charge in [-0.3, -0.25) is 14.4 Å². The van der Waals surface area contributed by atoms with Crippen molar-refractivity contribution in [3.63, 3.8) is 0 Å². The Labute approximate surface area is 167 Å². The Morgan fingerprint density at radius 3 is 2.76 bits per heavy atom. The summed E-state index contributed by atoms with van der Waals surface area (Å²) < 4.78 is 14.2. The fraction of sp³-hybridized carbons (Fsp3) is 0.286. The third kappa shape index (κ3) is 3.58. The molecule has 0 saturated carbocycles. The number of rotatable bonds is 4. The maximum absolute atomic E-state index is 14.2. The Hall–Kier alpha value is -3.26.